The Labute approximate surface area is 225 Å². The number of benzene rings is 2. The van der Waals surface area contributed by atoms with Crippen LogP contribution >= 0.6 is 0 Å². The number of hydrogen-bond donors (Lipinski definition) is 0. The quantitative estimate of drug-likeness (QED) is 0.156. The summed E-state index contributed by atoms with van der Waals surface area (Å²) in [5.74, 6) is -0.999. The second-order valence-corrected chi connectivity index (χ2v) is 9.02. The van der Waals surface area contributed by atoms with Crippen LogP contribution in [0.15, 0.2) is 84.5 Å². The highest BCUT2D eigenvalue weighted by molar-refractivity contribution is 5.88. The summed E-state index contributed by atoms with van der Waals surface area (Å²) in [6.07, 6.45) is 12.1. The van der Waals surface area contributed by atoms with Crippen molar-refractivity contribution in [1.29, 1.82) is 0 Å². The second kappa shape index (κ2) is 13.6. The van der Waals surface area contributed by atoms with E-state index in [-0.39, 0.29) is 23.8 Å². The lowest BCUT2D eigenvalue weighted by Gasteiger charge is -2.19. The Morgan fingerprint density at radius 3 is 1.87 bits per heavy atom. The molecular formula is C29H28N2O8. The maximum atomic E-state index is 12.0. The number of nitrogens with zero attached hydrogens (tertiary/aromatic N) is 2. The second-order valence-electron chi connectivity index (χ2n) is 9.02. The SMILES string of the molecule is CC1([N+](=O)[O-])C=CC(CCOC(=O)/C=C/c2ccc(/C=C/C(=O)OCCc3ccc([N+](=O)[O-])cc3)cc2)=CC1. The Morgan fingerprint density at radius 1 is 0.872 bits per heavy atom. The number of allylic oxidation sites excluding steroid dienone is 1. The van der Waals surface area contributed by atoms with Crippen LogP contribution in [-0.2, 0) is 25.5 Å². The van der Waals surface area contributed by atoms with E-state index in [1.165, 1.54) is 24.3 Å². The van der Waals surface area contributed by atoms with Crippen molar-refractivity contribution in [3.63, 3.8) is 0 Å². The van der Waals surface area contributed by atoms with E-state index >= 15 is 0 Å². The predicted molar refractivity (Wildman–Crippen MR) is 145 cm³/mol. The molecular weight excluding hydrogens is 504 g/mol. The van der Waals surface area contributed by atoms with Crippen LogP contribution in [0.4, 0.5) is 5.69 Å². The molecule has 0 heterocycles. The number of nitro groups is 2. The molecule has 0 radical (unpaired) electrons. The Hall–Kier alpha value is -4.86. The molecule has 3 rings (SSSR count). The van der Waals surface area contributed by atoms with E-state index in [2.05, 4.69) is 0 Å². The highest BCUT2D eigenvalue weighted by Crippen LogP contribution is 2.25. The van der Waals surface area contributed by atoms with Crippen LogP contribution in [0.3, 0.4) is 0 Å². The fourth-order valence-corrected chi connectivity index (χ4v) is 3.55. The average molecular weight is 533 g/mol. The van der Waals surface area contributed by atoms with Crippen molar-refractivity contribution in [2.45, 2.75) is 31.7 Å². The van der Waals surface area contributed by atoms with Crippen molar-refractivity contribution in [2.24, 2.45) is 0 Å². The minimum atomic E-state index is -1.09. The Morgan fingerprint density at radius 2 is 1.41 bits per heavy atom. The van der Waals surface area contributed by atoms with Gasteiger partial charge in [0.25, 0.3) is 5.69 Å². The van der Waals surface area contributed by atoms with Crippen molar-refractivity contribution < 1.29 is 28.9 Å². The van der Waals surface area contributed by atoms with Crippen LogP contribution in [-0.4, -0.2) is 40.5 Å². The minimum Gasteiger partial charge on any atom is -0.462 e. The number of esters is 2. The molecule has 1 atom stereocenters. The van der Waals surface area contributed by atoms with Crippen molar-refractivity contribution in [3.8, 4) is 0 Å². The van der Waals surface area contributed by atoms with Crippen LogP contribution in [0.2, 0.25) is 0 Å². The zero-order valence-corrected chi connectivity index (χ0v) is 21.4. The lowest BCUT2D eigenvalue weighted by atomic mass is 9.90. The standard InChI is InChI=1S/C29H28N2O8/c1-29(31(36)37)18-14-25(15-19-29)17-21-39-28(33)13-9-23-4-2-22(3-5-23)8-12-27(32)38-20-16-24-6-10-26(11-7-24)30(34)35/h2-15,18H,16-17,19-21H2,1H3/b12-8+,13-9+. The fourth-order valence-electron chi connectivity index (χ4n) is 3.55. The molecule has 2 aromatic carbocycles. The summed E-state index contributed by atoms with van der Waals surface area (Å²) < 4.78 is 10.4. The smallest absolute Gasteiger partial charge is 0.330 e. The number of carbonyl (C=O) groups excluding carboxylic acids is 2. The van der Waals surface area contributed by atoms with Gasteiger partial charge in [0.1, 0.15) is 0 Å². The Bertz CT molecular complexity index is 1320. The lowest BCUT2D eigenvalue weighted by molar-refractivity contribution is -0.549. The summed E-state index contributed by atoms with van der Waals surface area (Å²) in [6, 6.07) is 13.2. The number of nitro benzene ring substituents is 1. The number of non-ortho nitro benzene ring substituents is 1. The predicted octanol–water partition coefficient (Wildman–Crippen LogP) is 5.26. The van der Waals surface area contributed by atoms with Gasteiger partial charge in [0.05, 0.1) is 18.1 Å². The van der Waals surface area contributed by atoms with E-state index in [9.17, 15) is 29.8 Å². The first-order valence-electron chi connectivity index (χ1n) is 12.2. The van der Waals surface area contributed by atoms with Gasteiger partial charge in [0, 0.05) is 55.4 Å². The summed E-state index contributed by atoms with van der Waals surface area (Å²) in [4.78, 5) is 44.9. The highest BCUT2D eigenvalue weighted by Gasteiger charge is 2.34. The summed E-state index contributed by atoms with van der Waals surface area (Å²) in [5, 5.41) is 21.7. The van der Waals surface area contributed by atoms with Gasteiger partial charge in [0.15, 0.2) is 0 Å². The summed E-state index contributed by atoms with van der Waals surface area (Å²) in [7, 11) is 0. The van der Waals surface area contributed by atoms with Crippen LogP contribution in [0.1, 0.15) is 36.5 Å². The third-order valence-electron chi connectivity index (χ3n) is 6.03. The molecule has 0 saturated carbocycles. The van der Waals surface area contributed by atoms with E-state index in [0.29, 0.717) is 19.3 Å². The molecule has 0 aliphatic heterocycles. The molecule has 1 aliphatic carbocycles. The largest absolute Gasteiger partial charge is 0.462 e. The molecule has 202 valence electrons. The first kappa shape index (κ1) is 28.7. The molecule has 0 aromatic heterocycles. The molecule has 0 amide bonds. The van der Waals surface area contributed by atoms with Gasteiger partial charge in [-0.1, -0.05) is 48.6 Å². The van der Waals surface area contributed by atoms with Crippen molar-refractivity contribution in [2.75, 3.05) is 13.2 Å². The molecule has 0 N–H and O–H groups in total. The molecule has 10 nitrogen and oxygen atoms in total. The fraction of sp³-hybridized carbons (Fsp3) is 0.241. The van der Waals surface area contributed by atoms with E-state index < -0.39 is 22.4 Å². The number of ether oxygens (including phenoxy) is 2. The maximum absolute atomic E-state index is 12.0. The third kappa shape index (κ3) is 9.19. The lowest BCUT2D eigenvalue weighted by Crippen LogP contribution is -2.33. The monoisotopic (exact) mass is 532 g/mol. The molecule has 1 aliphatic rings. The molecule has 0 fully saturated rings. The molecule has 0 spiro atoms. The van der Waals surface area contributed by atoms with Gasteiger partial charge in [-0.05, 0) is 40.5 Å². The number of hydrogen-bond acceptors (Lipinski definition) is 8. The summed E-state index contributed by atoms with van der Waals surface area (Å²) >= 11 is 0. The number of rotatable bonds is 12. The average Bonchev–Trinajstić information content (AvgIpc) is 2.92. The van der Waals surface area contributed by atoms with Crippen LogP contribution in [0, 0.1) is 20.2 Å². The maximum Gasteiger partial charge on any atom is 0.330 e. The Kier molecular flexibility index (Phi) is 10.0. The highest BCUT2D eigenvalue weighted by atomic mass is 16.6. The van der Waals surface area contributed by atoms with Crippen molar-refractivity contribution >= 4 is 29.8 Å². The molecule has 1 unspecified atom stereocenters. The van der Waals surface area contributed by atoms with Crippen molar-refractivity contribution in [3.05, 3.63) is 121 Å². The van der Waals surface area contributed by atoms with Gasteiger partial charge in [-0.25, -0.2) is 9.59 Å². The summed E-state index contributed by atoms with van der Waals surface area (Å²) in [5.41, 5.74) is 2.18. The first-order valence-corrected chi connectivity index (χ1v) is 12.2. The van der Waals surface area contributed by atoms with Gasteiger partial charge >= 0.3 is 11.9 Å². The normalized spacial score (nSPS) is 16.7. The van der Waals surface area contributed by atoms with Crippen LogP contribution in [0.25, 0.3) is 12.2 Å². The topological polar surface area (TPSA) is 139 Å². The van der Waals surface area contributed by atoms with Crippen LogP contribution < -0.4 is 0 Å². The Balaban J connectivity index is 1.36. The third-order valence-corrected chi connectivity index (χ3v) is 6.03. The van der Waals surface area contributed by atoms with Gasteiger partial charge in [0.2, 0.25) is 5.54 Å². The zero-order chi connectivity index (χ0) is 28.3. The van der Waals surface area contributed by atoms with Gasteiger partial charge in [-0.15, -0.1) is 0 Å². The number of carbonyl (C=O) groups is 2. The zero-order valence-electron chi connectivity index (χ0n) is 21.4. The van der Waals surface area contributed by atoms with E-state index in [0.717, 1.165) is 22.3 Å². The first-order chi connectivity index (χ1) is 18.6. The van der Waals surface area contributed by atoms with E-state index in [4.69, 9.17) is 9.47 Å². The molecule has 0 bridgehead atoms. The van der Waals surface area contributed by atoms with E-state index in [1.807, 2.05) is 0 Å². The van der Waals surface area contributed by atoms with Gasteiger partial charge in [-0.3, -0.25) is 20.2 Å². The molecule has 10 heteroatoms. The van der Waals surface area contributed by atoms with Gasteiger partial charge < -0.3 is 9.47 Å². The van der Waals surface area contributed by atoms with Crippen LogP contribution in [0.5, 0.6) is 0 Å². The molecule has 2 aromatic rings. The van der Waals surface area contributed by atoms with E-state index in [1.54, 1.807) is 73.7 Å². The summed E-state index contributed by atoms with van der Waals surface area (Å²) in [6.45, 7) is 1.88. The molecule has 39 heavy (non-hydrogen) atoms. The minimum absolute atomic E-state index is 0.00758. The molecule has 0 saturated heterocycles. The van der Waals surface area contributed by atoms with Crippen molar-refractivity contribution in [1.82, 2.24) is 0 Å². The van der Waals surface area contributed by atoms with Gasteiger partial charge in [-0.2, -0.15) is 0 Å².